The van der Waals surface area contributed by atoms with Gasteiger partial charge in [-0.3, -0.25) is 14.4 Å². The molecule has 2 aromatic carbocycles. The molecule has 1 saturated heterocycles. The van der Waals surface area contributed by atoms with E-state index in [0.29, 0.717) is 18.4 Å². The van der Waals surface area contributed by atoms with Gasteiger partial charge in [-0.15, -0.1) is 0 Å². The third kappa shape index (κ3) is 4.63. The van der Waals surface area contributed by atoms with E-state index in [1.54, 1.807) is 0 Å². The minimum Gasteiger partial charge on any atom is -0.508 e. The summed E-state index contributed by atoms with van der Waals surface area (Å²) in [5.41, 5.74) is -1.48. The van der Waals surface area contributed by atoms with E-state index in [4.69, 9.17) is 4.74 Å². The molecule has 0 aromatic heterocycles. The fourth-order valence-electron chi connectivity index (χ4n) is 4.52. The van der Waals surface area contributed by atoms with E-state index in [2.05, 4.69) is 10.6 Å². The highest BCUT2D eigenvalue weighted by Gasteiger charge is 2.55. The second-order valence-corrected chi connectivity index (χ2v) is 8.50. The number of hydrogen-bond acceptors (Lipinski definition) is 5. The molecule has 1 saturated carbocycles. The second-order valence-electron chi connectivity index (χ2n) is 8.50. The molecule has 0 bridgehead atoms. The van der Waals surface area contributed by atoms with Gasteiger partial charge in [-0.25, -0.2) is 0 Å². The van der Waals surface area contributed by atoms with Crippen LogP contribution in [0.3, 0.4) is 0 Å². The number of phenolic OH excluding ortho intramolecular Hbond substituents is 1. The number of nitrogens with one attached hydrogen (secondary N) is 2. The lowest BCUT2D eigenvalue weighted by molar-refractivity contribution is -0.137. The molecule has 1 aliphatic carbocycles. The zero-order valence-corrected chi connectivity index (χ0v) is 18.0. The molecule has 3 unspecified atom stereocenters. The molecular formula is C24H23F3N2O5. The Morgan fingerprint density at radius 3 is 2.44 bits per heavy atom. The smallest absolute Gasteiger partial charge is 0.416 e. The molecule has 180 valence electrons. The van der Waals surface area contributed by atoms with Crippen LogP contribution in [0.2, 0.25) is 0 Å². The van der Waals surface area contributed by atoms with E-state index in [0.717, 1.165) is 30.7 Å². The van der Waals surface area contributed by atoms with Crippen LogP contribution in [0.5, 0.6) is 5.75 Å². The Morgan fingerprint density at radius 2 is 1.79 bits per heavy atom. The highest BCUT2D eigenvalue weighted by atomic mass is 19.4. The molecule has 10 heteroatoms. The van der Waals surface area contributed by atoms with Gasteiger partial charge in [0, 0.05) is 12.1 Å². The Hall–Kier alpha value is -3.40. The topological polar surface area (TPSA) is 105 Å². The molecule has 3 atom stereocenters. The number of fused-ring (bicyclic) bond motifs is 1. The monoisotopic (exact) mass is 476 g/mol. The SMILES string of the molecule is O=C(NCC(C(=O)NC12CCCC1OCC2=O)c1ccc(O)cc1)c1ccc(C(F)(F)F)cc1. The summed E-state index contributed by atoms with van der Waals surface area (Å²) in [5.74, 6) is -2.26. The zero-order valence-electron chi connectivity index (χ0n) is 18.0. The van der Waals surface area contributed by atoms with Crippen molar-refractivity contribution < 1.29 is 37.4 Å². The predicted molar refractivity (Wildman–Crippen MR) is 114 cm³/mol. The molecule has 34 heavy (non-hydrogen) atoms. The number of carbonyl (C=O) groups excluding carboxylic acids is 3. The van der Waals surface area contributed by atoms with Crippen molar-refractivity contribution in [3.63, 3.8) is 0 Å². The molecule has 0 radical (unpaired) electrons. The van der Waals surface area contributed by atoms with Crippen LogP contribution < -0.4 is 10.6 Å². The van der Waals surface area contributed by atoms with Crippen LogP contribution in [0, 0.1) is 0 Å². The van der Waals surface area contributed by atoms with E-state index >= 15 is 0 Å². The first kappa shape index (κ1) is 23.7. The number of carbonyl (C=O) groups is 3. The lowest BCUT2D eigenvalue weighted by Gasteiger charge is -2.30. The van der Waals surface area contributed by atoms with E-state index in [1.165, 1.54) is 24.3 Å². The van der Waals surface area contributed by atoms with Gasteiger partial charge in [0.1, 0.15) is 17.9 Å². The maximum atomic E-state index is 13.3. The number of amides is 2. The van der Waals surface area contributed by atoms with Crippen LogP contribution in [0.4, 0.5) is 13.2 Å². The number of hydrogen-bond donors (Lipinski definition) is 3. The van der Waals surface area contributed by atoms with Gasteiger partial charge in [0.05, 0.1) is 17.6 Å². The van der Waals surface area contributed by atoms with Gasteiger partial charge in [0.2, 0.25) is 5.91 Å². The number of Topliss-reactive ketones (excluding diaryl/α,β-unsaturated/α-hetero) is 1. The minimum atomic E-state index is -4.52. The standard InChI is InChI=1S/C24H23F3N2O5/c25-24(26,27)16-7-3-15(4-8-16)21(32)28-12-18(14-5-9-17(30)10-6-14)22(33)29-23-11-1-2-20(23)34-13-19(23)31/h3-10,18,20,30H,1-2,11-13H2,(H,28,32)(H,29,33). The highest BCUT2D eigenvalue weighted by molar-refractivity contribution is 5.98. The Balaban J connectivity index is 1.51. The van der Waals surface area contributed by atoms with Gasteiger partial charge in [-0.2, -0.15) is 13.2 Å². The van der Waals surface area contributed by atoms with Gasteiger partial charge >= 0.3 is 6.18 Å². The lowest BCUT2D eigenvalue weighted by atomic mass is 9.89. The normalized spacial score (nSPS) is 22.8. The number of rotatable bonds is 6. The average Bonchev–Trinajstić information content (AvgIpc) is 3.33. The van der Waals surface area contributed by atoms with Crippen LogP contribution in [0.15, 0.2) is 48.5 Å². The van der Waals surface area contributed by atoms with Crippen LogP contribution >= 0.6 is 0 Å². The fraction of sp³-hybridized carbons (Fsp3) is 0.375. The molecule has 1 aliphatic heterocycles. The first-order valence-electron chi connectivity index (χ1n) is 10.8. The maximum Gasteiger partial charge on any atom is 0.416 e. The van der Waals surface area contributed by atoms with Gasteiger partial charge in [-0.1, -0.05) is 12.1 Å². The van der Waals surface area contributed by atoms with Gasteiger partial charge in [0.25, 0.3) is 5.91 Å². The molecule has 0 spiro atoms. The molecule has 3 N–H and O–H groups in total. The molecule has 2 amide bonds. The Labute approximate surface area is 193 Å². The van der Waals surface area contributed by atoms with E-state index < -0.39 is 41.1 Å². The first-order valence-corrected chi connectivity index (χ1v) is 10.8. The predicted octanol–water partition coefficient (Wildman–Crippen LogP) is 2.93. The van der Waals surface area contributed by atoms with Crippen molar-refractivity contribution in [1.29, 1.82) is 0 Å². The number of halogens is 3. The van der Waals surface area contributed by atoms with Crippen molar-refractivity contribution in [2.75, 3.05) is 13.2 Å². The van der Waals surface area contributed by atoms with Crippen molar-refractivity contribution in [2.24, 2.45) is 0 Å². The summed E-state index contributed by atoms with van der Waals surface area (Å²) in [6.07, 6.45) is -3.07. The van der Waals surface area contributed by atoms with Crippen molar-refractivity contribution in [3.8, 4) is 5.75 Å². The van der Waals surface area contributed by atoms with Crippen molar-refractivity contribution in [1.82, 2.24) is 10.6 Å². The summed E-state index contributed by atoms with van der Waals surface area (Å²) < 4.78 is 43.8. The number of phenols is 1. The average molecular weight is 476 g/mol. The summed E-state index contributed by atoms with van der Waals surface area (Å²) in [7, 11) is 0. The van der Waals surface area contributed by atoms with Gasteiger partial charge < -0.3 is 20.5 Å². The molecule has 1 heterocycles. The first-order chi connectivity index (χ1) is 16.1. The second kappa shape index (κ2) is 9.09. The van der Waals surface area contributed by atoms with Crippen molar-refractivity contribution in [2.45, 2.75) is 43.0 Å². The number of ketones is 1. The quantitative estimate of drug-likeness (QED) is 0.595. The third-order valence-electron chi connectivity index (χ3n) is 6.40. The van der Waals surface area contributed by atoms with E-state index in [9.17, 15) is 32.7 Å². The van der Waals surface area contributed by atoms with Gasteiger partial charge in [0.15, 0.2) is 5.78 Å². The third-order valence-corrected chi connectivity index (χ3v) is 6.40. The van der Waals surface area contributed by atoms with Crippen LogP contribution in [-0.4, -0.2) is 47.5 Å². The fourth-order valence-corrected chi connectivity index (χ4v) is 4.52. The summed E-state index contributed by atoms with van der Waals surface area (Å²) >= 11 is 0. The van der Waals surface area contributed by atoms with E-state index in [-0.39, 0.29) is 30.2 Å². The summed E-state index contributed by atoms with van der Waals surface area (Å²) in [4.78, 5) is 38.4. The summed E-state index contributed by atoms with van der Waals surface area (Å²) in [5, 5.41) is 15.0. The zero-order chi connectivity index (χ0) is 24.5. The molecule has 2 fully saturated rings. The van der Waals surface area contributed by atoms with Crippen LogP contribution in [0.1, 0.15) is 46.7 Å². The number of ether oxygens (including phenoxy) is 1. The van der Waals surface area contributed by atoms with E-state index in [1.807, 2.05) is 0 Å². The highest BCUT2D eigenvalue weighted by Crippen LogP contribution is 2.38. The lowest BCUT2D eigenvalue weighted by Crippen LogP contribution is -2.57. The molecule has 7 nitrogen and oxygen atoms in total. The molecular weight excluding hydrogens is 453 g/mol. The van der Waals surface area contributed by atoms with Crippen molar-refractivity contribution >= 4 is 17.6 Å². The van der Waals surface area contributed by atoms with Crippen LogP contribution in [-0.2, 0) is 20.5 Å². The molecule has 2 aliphatic rings. The van der Waals surface area contributed by atoms with Gasteiger partial charge in [-0.05, 0) is 61.2 Å². The number of alkyl halides is 3. The summed E-state index contributed by atoms with van der Waals surface area (Å²) in [6.45, 7) is -0.244. The number of benzene rings is 2. The largest absolute Gasteiger partial charge is 0.508 e. The molecule has 4 rings (SSSR count). The Bertz CT molecular complexity index is 1090. The van der Waals surface area contributed by atoms with Crippen LogP contribution in [0.25, 0.3) is 0 Å². The Kier molecular flexibility index (Phi) is 6.35. The summed E-state index contributed by atoms with van der Waals surface area (Å²) in [6, 6.07) is 9.59. The van der Waals surface area contributed by atoms with Crippen molar-refractivity contribution in [3.05, 3.63) is 65.2 Å². The maximum absolute atomic E-state index is 13.3. The minimum absolute atomic E-state index is 0.00619. The number of aromatic hydroxyl groups is 1. The Morgan fingerprint density at radius 1 is 1.12 bits per heavy atom. The molecule has 2 aromatic rings.